The summed E-state index contributed by atoms with van der Waals surface area (Å²) in [6, 6.07) is 8.34. The van der Waals surface area contributed by atoms with Gasteiger partial charge in [-0.1, -0.05) is 23.2 Å². The van der Waals surface area contributed by atoms with Gasteiger partial charge in [0.25, 0.3) is 0 Å². The molecule has 0 aliphatic carbocycles. The maximum Gasteiger partial charge on any atom is 0.337 e. The van der Waals surface area contributed by atoms with Crippen molar-refractivity contribution in [1.29, 1.82) is 0 Å². The number of nitrogens with one attached hydrogen (secondary N) is 1. The average molecular weight is 326 g/mol. The Bertz CT molecular complexity index is 669. The van der Waals surface area contributed by atoms with Gasteiger partial charge in [-0.15, -0.1) is 0 Å². The standard InChI is InChI=1S/C14H9Cl2NO4/c15-7-1-3-9(13(18)19)11(5-7)17-12-6-8(16)2-4-10(12)14(20)21/h1-6,17H,(H,18,19)(H,20,21). The molecule has 0 atom stereocenters. The zero-order valence-electron chi connectivity index (χ0n) is 10.4. The quantitative estimate of drug-likeness (QED) is 0.786. The second kappa shape index (κ2) is 6.03. The maximum atomic E-state index is 11.2. The Labute approximate surface area is 129 Å². The molecule has 0 aliphatic heterocycles. The van der Waals surface area contributed by atoms with Crippen molar-refractivity contribution in [2.45, 2.75) is 0 Å². The third-order valence-electron chi connectivity index (χ3n) is 2.69. The Kier molecular flexibility index (Phi) is 4.35. The third kappa shape index (κ3) is 3.45. The molecule has 0 heterocycles. The molecule has 0 radical (unpaired) electrons. The van der Waals surface area contributed by atoms with Gasteiger partial charge >= 0.3 is 11.9 Å². The number of halogens is 2. The largest absolute Gasteiger partial charge is 0.478 e. The summed E-state index contributed by atoms with van der Waals surface area (Å²) in [6.07, 6.45) is 0. The van der Waals surface area contributed by atoms with Gasteiger partial charge in [0, 0.05) is 10.0 Å². The van der Waals surface area contributed by atoms with E-state index in [1.165, 1.54) is 36.4 Å². The summed E-state index contributed by atoms with van der Waals surface area (Å²) in [4.78, 5) is 22.4. The van der Waals surface area contributed by atoms with Crippen molar-refractivity contribution in [1.82, 2.24) is 0 Å². The van der Waals surface area contributed by atoms with Crippen LogP contribution >= 0.6 is 23.2 Å². The van der Waals surface area contributed by atoms with E-state index in [4.69, 9.17) is 33.4 Å². The summed E-state index contributed by atoms with van der Waals surface area (Å²) in [5.41, 5.74) is 0.297. The monoisotopic (exact) mass is 325 g/mol. The molecule has 7 heteroatoms. The summed E-state index contributed by atoms with van der Waals surface area (Å²) in [5, 5.41) is 21.7. The first-order valence-electron chi connectivity index (χ1n) is 5.71. The van der Waals surface area contributed by atoms with Crippen LogP contribution in [0.3, 0.4) is 0 Å². The maximum absolute atomic E-state index is 11.2. The van der Waals surface area contributed by atoms with Crippen LogP contribution in [0.25, 0.3) is 0 Å². The predicted octanol–water partition coefficient (Wildman–Crippen LogP) is 4.13. The Hall–Kier alpha value is -2.24. The van der Waals surface area contributed by atoms with Gasteiger partial charge in [-0.25, -0.2) is 9.59 Å². The highest BCUT2D eigenvalue weighted by Crippen LogP contribution is 2.28. The van der Waals surface area contributed by atoms with E-state index in [-0.39, 0.29) is 22.5 Å². The Morgan fingerprint density at radius 3 is 1.52 bits per heavy atom. The first-order valence-corrected chi connectivity index (χ1v) is 6.47. The van der Waals surface area contributed by atoms with E-state index in [2.05, 4.69) is 5.32 Å². The summed E-state index contributed by atoms with van der Waals surface area (Å²) < 4.78 is 0. The molecule has 5 nitrogen and oxygen atoms in total. The molecule has 0 amide bonds. The lowest BCUT2D eigenvalue weighted by molar-refractivity contribution is 0.0688. The summed E-state index contributed by atoms with van der Waals surface area (Å²) in [6.45, 7) is 0. The van der Waals surface area contributed by atoms with Crippen LogP contribution in [0, 0.1) is 0 Å². The minimum Gasteiger partial charge on any atom is -0.478 e. The number of benzene rings is 2. The molecule has 108 valence electrons. The van der Waals surface area contributed by atoms with Gasteiger partial charge in [0.2, 0.25) is 0 Å². The molecule has 21 heavy (non-hydrogen) atoms. The van der Waals surface area contributed by atoms with Crippen LogP contribution in [-0.4, -0.2) is 22.2 Å². The van der Waals surface area contributed by atoms with Crippen LogP contribution in [0.2, 0.25) is 10.0 Å². The molecule has 0 saturated heterocycles. The van der Waals surface area contributed by atoms with Crippen LogP contribution in [-0.2, 0) is 0 Å². The van der Waals surface area contributed by atoms with E-state index in [0.29, 0.717) is 10.0 Å². The second-order valence-electron chi connectivity index (χ2n) is 4.12. The molecule has 0 aliphatic rings. The number of rotatable bonds is 4. The molecule has 2 aromatic carbocycles. The fourth-order valence-corrected chi connectivity index (χ4v) is 2.10. The summed E-state index contributed by atoms with van der Waals surface area (Å²) >= 11 is 11.7. The number of carboxylic acid groups (broad SMARTS) is 2. The normalized spacial score (nSPS) is 10.2. The molecule has 0 aromatic heterocycles. The Morgan fingerprint density at radius 2 is 1.19 bits per heavy atom. The first-order chi connectivity index (χ1) is 9.88. The third-order valence-corrected chi connectivity index (χ3v) is 3.16. The van der Waals surface area contributed by atoms with Crippen molar-refractivity contribution in [3.05, 3.63) is 57.6 Å². The van der Waals surface area contributed by atoms with Crippen molar-refractivity contribution < 1.29 is 19.8 Å². The predicted molar refractivity (Wildman–Crippen MR) is 80.1 cm³/mol. The fraction of sp³-hybridized carbons (Fsp3) is 0. The minimum absolute atomic E-state index is 0.0317. The molecule has 0 bridgehead atoms. The van der Waals surface area contributed by atoms with E-state index < -0.39 is 11.9 Å². The van der Waals surface area contributed by atoms with Gasteiger partial charge in [-0.2, -0.15) is 0 Å². The smallest absolute Gasteiger partial charge is 0.337 e. The van der Waals surface area contributed by atoms with Gasteiger partial charge in [-0.05, 0) is 36.4 Å². The van der Waals surface area contributed by atoms with E-state index in [1.807, 2.05) is 0 Å². The van der Waals surface area contributed by atoms with Gasteiger partial charge in [0.05, 0.1) is 22.5 Å². The number of carboxylic acids is 2. The van der Waals surface area contributed by atoms with Crippen molar-refractivity contribution >= 4 is 46.5 Å². The van der Waals surface area contributed by atoms with Crippen LogP contribution in [0.4, 0.5) is 11.4 Å². The van der Waals surface area contributed by atoms with Gasteiger partial charge < -0.3 is 15.5 Å². The van der Waals surface area contributed by atoms with Crippen molar-refractivity contribution in [3.8, 4) is 0 Å². The molecule has 3 N–H and O–H groups in total. The number of hydrogen-bond acceptors (Lipinski definition) is 3. The highest BCUT2D eigenvalue weighted by Gasteiger charge is 2.15. The van der Waals surface area contributed by atoms with E-state index >= 15 is 0 Å². The van der Waals surface area contributed by atoms with Gasteiger partial charge in [-0.3, -0.25) is 0 Å². The first kappa shape index (κ1) is 15.2. The average Bonchev–Trinajstić information content (AvgIpc) is 2.38. The summed E-state index contributed by atoms with van der Waals surface area (Å²) in [7, 11) is 0. The second-order valence-corrected chi connectivity index (χ2v) is 4.99. The lowest BCUT2D eigenvalue weighted by atomic mass is 10.1. The lowest BCUT2D eigenvalue weighted by Gasteiger charge is -2.12. The van der Waals surface area contributed by atoms with E-state index in [9.17, 15) is 9.59 Å². The van der Waals surface area contributed by atoms with Crippen molar-refractivity contribution in [2.24, 2.45) is 0 Å². The number of aromatic carboxylic acids is 2. The van der Waals surface area contributed by atoms with Crippen molar-refractivity contribution in [3.63, 3.8) is 0 Å². The highest BCUT2D eigenvalue weighted by molar-refractivity contribution is 6.31. The highest BCUT2D eigenvalue weighted by atomic mass is 35.5. The van der Waals surface area contributed by atoms with Crippen LogP contribution < -0.4 is 5.32 Å². The van der Waals surface area contributed by atoms with Crippen LogP contribution in [0.1, 0.15) is 20.7 Å². The van der Waals surface area contributed by atoms with E-state index in [1.54, 1.807) is 0 Å². The fourth-order valence-electron chi connectivity index (χ4n) is 1.76. The number of hydrogen-bond donors (Lipinski definition) is 3. The topological polar surface area (TPSA) is 86.6 Å². The molecule has 2 aromatic rings. The van der Waals surface area contributed by atoms with Crippen molar-refractivity contribution in [2.75, 3.05) is 5.32 Å². The molecule has 2 rings (SSSR count). The zero-order valence-corrected chi connectivity index (χ0v) is 11.9. The molecular weight excluding hydrogens is 317 g/mol. The van der Waals surface area contributed by atoms with Gasteiger partial charge in [0.15, 0.2) is 0 Å². The van der Waals surface area contributed by atoms with Crippen LogP contribution in [0.15, 0.2) is 36.4 Å². The minimum atomic E-state index is -1.16. The van der Waals surface area contributed by atoms with Gasteiger partial charge in [0.1, 0.15) is 0 Å². The molecule has 0 saturated carbocycles. The number of carbonyl (C=O) groups is 2. The Balaban J connectivity index is 2.52. The SMILES string of the molecule is O=C(O)c1ccc(Cl)cc1Nc1cc(Cl)ccc1C(=O)O. The van der Waals surface area contributed by atoms with Crippen LogP contribution in [0.5, 0.6) is 0 Å². The Morgan fingerprint density at radius 1 is 0.810 bits per heavy atom. The number of anilines is 2. The molecule has 0 fully saturated rings. The molecule has 0 unspecified atom stereocenters. The summed E-state index contributed by atoms with van der Waals surface area (Å²) in [5.74, 6) is -2.32. The molecule has 0 spiro atoms. The lowest BCUT2D eigenvalue weighted by Crippen LogP contribution is -2.06. The van der Waals surface area contributed by atoms with E-state index in [0.717, 1.165) is 0 Å². The zero-order chi connectivity index (χ0) is 15.6. The molecular formula is C14H9Cl2NO4.